The molecule has 128 valence electrons. The minimum atomic E-state index is 0.689. The fraction of sp³-hybridized carbons (Fsp3) is 0.444. The Bertz CT molecular complexity index is 828. The van der Waals surface area contributed by atoms with Gasteiger partial charge in [0.05, 0.1) is 21.2 Å². The van der Waals surface area contributed by atoms with Crippen LogP contribution in [0.3, 0.4) is 0 Å². The first kappa shape index (κ1) is 18.3. The molecule has 2 nitrogen and oxygen atoms in total. The Labute approximate surface area is 164 Å². The average molecular weight is 444 g/mol. The number of fused-ring (bicyclic) bond motifs is 1. The standard InChI is InChI=1S/C18H20BrClN2S2/c1-3-5-6-11(4-2)7-12-8-15(23-10-12)13-9-14(20)16(19)18-17(13)21-24-22-18/h8-11H,3-7H2,1-2H3. The van der Waals surface area contributed by atoms with Crippen molar-refractivity contribution in [2.24, 2.45) is 5.92 Å². The SMILES string of the molecule is CCCCC(CC)Cc1csc(-c2cc(Cl)c(Br)c3nsnc23)c1. The molecule has 3 rings (SSSR count). The van der Waals surface area contributed by atoms with Gasteiger partial charge in [-0.25, -0.2) is 0 Å². The minimum Gasteiger partial charge on any atom is -0.172 e. The van der Waals surface area contributed by atoms with Crippen LogP contribution in [-0.2, 0) is 6.42 Å². The Balaban J connectivity index is 1.88. The van der Waals surface area contributed by atoms with Crippen LogP contribution in [0.1, 0.15) is 45.1 Å². The van der Waals surface area contributed by atoms with Crippen LogP contribution in [0.2, 0.25) is 5.02 Å². The van der Waals surface area contributed by atoms with Crippen LogP contribution in [0.4, 0.5) is 0 Å². The third-order valence-corrected chi connectivity index (χ3v) is 7.29. The fourth-order valence-electron chi connectivity index (χ4n) is 2.97. The Morgan fingerprint density at radius 3 is 2.75 bits per heavy atom. The van der Waals surface area contributed by atoms with Crippen molar-refractivity contribution in [3.05, 3.63) is 32.6 Å². The van der Waals surface area contributed by atoms with Crippen molar-refractivity contribution in [2.45, 2.75) is 46.0 Å². The summed E-state index contributed by atoms with van der Waals surface area (Å²) in [6.07, 6.45) is 6.33. The van der Waals surface area contributed by atoms with E-state index in [1.165, 1.54) is 47.9 Å². The molecule has 1 atom stereocenters. The van der Waals surface area contributed by atoms with Crippen LogP contribution in [0, 0.1) is 5.92 Å². The molecule has 0 spiro atoms. The molecule has 0 saturated heterocycles. The maximum atomic E-state index is 6.37. The van der Waals surface area contributed by atoms with Gasteiger partial charge < -0.3 is 0 Å². The van der Waals surface area contributed by atoms with E-state index in [9.17, 15) is 0 Å². The van der Waals surface area contributed by atoms with Crippen molar-refractivity contribution in [1.82, 2.24) is 8.75 Å². The number of aromatic nitrogens is 2. The summed E-state index contributed by atoms with van der Waals surface area (Å²) in [7, 11) is 0. The van der Waals surface area contributed by atoms with Crippen LogP contribution in [0.15, 0.2) is 22.0 Å². The van der Waals surface area contributed by atoms with Gasteiger partial charge in [-0.15, -0.1) is 11.3 Å². The molecule has 1 aromatic carbocycles. The van der Waals surface area contributed by atoms with E-state index in [4.69, 9.17) is 11.6 Å². The first-order valence-corrected chi connectivity index (χ1v) is 11.1. The number of hydrogen-bond acceptors (Lipinski definition) is 4. The normalized spacial score (nSPS) is 12.8. The molecule has 24 heavy (non-hydrogen) atoms. The van der Waals surface area contributed by atoms with Crippen molar-refractivity contribution in [2.75, 3.05) is 0 Å². The van der Waals surface area contributed by atoms with Gasteiger partial charge in [-0.2, -0.15) is 8.75 Å². The van der Waals surface area contributed by atoms with Crippen molar-refractivity contribution >= 4 is 61.6 Å². The summed E-state index contributed by atoms with van der Waals surface area (Å²) < 4.78 is 9.68. The fourth-order valence-corrected chi connectivity index (χ4v) is 5.19. The Kier molecular flexibility index (Phi) is 6.30. The maximum Gasteiger partial charge on any atom is 0.121 e. The number of hydrogen-bond donors (Lipinski definition) is 0. The average Bonchev–Trinajstić information content (AvgIpc) is 3.24. The van der Waals surface area contributed by atoms with E-state index in [-0.39, 0.29) is 0 Å². The van der Waals surface area contributed by atoms with Crippen LogP contribution < -0.4 is 0 Å². The molecule has 0 aliphatic heterocycles. The molecule has 3 aromatic rings. The quantitative estimate of drug-likeness (QED) is 0.376. The van der Waals surface area contributed by atoms with Gasteiger partial charge in [0.2, 0.25) is 0 Å². The molecule has 0 radical (unpaired) electrons. The Morgan fingerprint density at radius 1 is 1.21 bits per heavy atom. The number of thiophene rings is 1. The third kappa shape index (κ3) is 3.85. The summed E-state index contributed by atoms with van der Waals surface area (Å²) >= 11 is 12.9. The molecule has 6 heteroatoms. The predicted octanol–water partition coefficient (Wildman–Crippen LogP) is 7.59. The van der Waals surface area contributed by atoms with Crippen molar-refractivity contribution < 1.29 is 0 Å². The summed E-state index contributed by atoms with van der Waals surface area (Å²) in [5.41, 5.74) is 4.30. The van der Waals surface area contributed by atoms with Gasteiger partial charge in [0, 0.05) is 10.4 Å². The van der Waals surface area contributed by atoms with Gasteiger partial charge in [-0.3, -0.25) is 0 Å². The van der Waals surface area contributed by atoms with E-state index in [2.05, 4.69) is 50.0 Å². The van der Waals surface area contributed by atoms with E-state index in [1.807, 2.05) is 6.07 Å². The van der Waals surface area contributed by atoms with Gasteiger partial charge in [0.15, 0.2) is 0 Å². The second kappa shape index (κ2) is 8.26. The molecule has 2 heterocycles. The zero-order valence-corrected chi connectivity index (χ0v) is 17.8. The monoisotopic (exact) mass is 442 g/mol. The van der Waals surface area contributed by atoms with E-state index in [0.717, 1.165) is 33.4 Å². The minimum absolute atomic E-state index is 0.689. The number of unbranched alkanes of at least 4 members (excludes halogenated alkanes) is 1. The van der Waals surface area contributed by atoms with E-state index < -0.39 is 0 Å². The molecule has 0 aliphatic carbocycles. The lowest BCUT2D eigenvalue weighted by molar-refractivity contribution is 0.449. The van der Waals surface area contributed by atoms with Gasteiger partial charge >= 0.3 is 0 Å². The van der Waals surface area contributed by atoms with E-state index >= 15 is 0 Å². The van der Waals surface area contributed by atoms with Crippen LogP contribution in [0.5, 0.6) is 0 Å². The maximum absolute atomic E-state index is 6.37. The van der Waals surface area contributed by atoms with Crippen LogP contribution >= 0.6 is 50.6 Å². The molecule has 0 bridgehead atoms. The summed E-state index contributed by atoms with van der Waals surface area (Å²) in [4.78, 5) is 1.22. The molecule has 1 unspecified atom stereocenters. The van der Waals surface area contributed by atoms with Crippen molar-refractivity contribution in [3.63, 3.8) is 0 Å². The van der Waals surface area contributed by atoms with E-state index in [0.29, 0.717) is 5.02 Å². The van der Waals surface area contributed by atoms with Crippen molar-refractivity contribution in [1.29, 1.82) is 0 Å². The number of benzene rings is 1. The van der Waals surface area contributed by atoms with Gasteiger partial charge in [0.1, 0.15) is 11.0 Å². The van der Waals surface area contributed by atoms with Gasteiger partial charge in [-0.1, -0.05) is 51.1 Å². The van der Waals surface area contributed by atoms with Gasteiger partial charge in [-0.05, 0) is 51.3 Å². The van der Waals surface area contributed by atoms with Crippen LogP contribution in [0.25, 0.3) is 21.5 Å². The lowest BCUT2D eigenvalue weighted by Crippen LogP contribution is -2.02. The smallest absolute Gasteiger partial charge is 0.121 e. The molecule has 2 aromatic heterocycles. The molecular formula is C18H20BrClN2S2. The highest BCUT2D eigenvalue weighted by atomic mass is 79.9. The first-order valence-electron chi connectivity index (χ1n) is 8.32. The number of rotatable bonds is 7. The van der Waals surface area contributed by atoms with E-state index in [1.54, 1.807) is 11.3 Å². The second-order valence-corrected chi connectivity index (χ2v) is 8.76. The highest BCUT2D eigenvalue weighted by molar-refractivity contribution is 9.10. The highest BCUT2D eigenvalue weighted by Crippen LogP contribution is 2.39. The summed E-state index contributed by atoms with van der Waals surface area (Å²) in [6.45, 7) is 4.56. The highest BCUT2D eigenvalue weighted by Gasteiger charge is 2.16. The van der Waals surface area contributed by atoms with Crippen LogP contribution in [-0.4, -0.2) is 8.75 Å². The van der Waals surface area contributed by atoms with Gasteiger partial charge in [0.25, 0.3) is 0 Å². The lowest BCUT2D eigenvalue weighted by Gasteiger charge is -2.12. The summed E-state index contributed by atoms with van der Waals surface area (Å²) in [5.74, 6) is 0.780. The molecule has 0 N–H and O–H groups in total. The predicted molar refractivity (Wildman–Crippen MR) is 110 cm³/mol. The molecule has 0 aliphatic rings. The summed E-state index contributed by atoms with van der Waals surface area (Å²) in [5, 5.41) is 2.97. The lowest BCUT2D eigenvalue weighted by atomic mass is 9.93. The largest absolute Gasteiger partial charge is 0.172 e. The zero-order valence-electron chi connectivity index (χ0n) is 13.8. The molecule has 0 amide bonds. The Hall–Kier alpha value is -0.490. The first-order chi connectivity index (χ1) is 11.6. The van der Waals surface area contributed by atoms with Crippen molar-refractivity contribution in [3.8, 4) is 10.4 Å². The second-order valence-electron chi connectivity index (χ2n) is 6.12. The molecular weight excluding hydrogens is 424 g/mol. The zero-order chi connectivity index (χ0) is 17.1. The number of halogens is 2. The topological polar surface area (TPSA) is 25.8 Å². The summed E-state index contributed by atoms with van der Waals surface area (Å²) in [6, 6.07) is 4.30. The molecule has 0 fully saturated rings. The molecule has 0 saturated carbocycles. The third-order valence-electron chi connectivity index (χ3n) is 4.42. The Morgan fingerprint density at radius 2 is 2.00 bits per heavy atom. The number of nitrogens with zero attached hydrogens (tertiary/aromatic N) is 2.